The summed E-state index contributed by atoms with van der Waals surface area (Å²) in [7, 11) is 0. The normalized spacial score (nSPS) is 27.4. The fourth-order valence-electron chi connectivity index (χ4n) is 3.97. The Morgan fingerprint density at radius 2 is 1.74 bits per heavy atom. The summed E-state index contributed by atoms with van der Waals surface area (Å²) >= 11 is 0. The first kappa shape index (κ1) is 13.1. The highest BCUT2D eigenvalue weighted by molar-refractivity contribution is 5.23. The Morgan fingerprint density at radius 3 is 2.53 bits per heavy atom. The number of benzene rings is 1. The van der Waals surface area contributed by atoms with Gasteiger partial charge in [-0.1, -0.05) is 30.7 Å². The lowest BCUT2D eigenvalue weighted by Gasteiger charge is -2.37. The highest BCUT2D eigenvalue weighted by atomic mass is 15.2. The third-order valence-corrected chi connectivity index (χ3v) is 4.95. The van der Waals surface area contributed by atoms with Gasteiger partial charge in [-0.2, -0.15) is 0 Å². The molecule has 1 aliphatic carbocycles. The van der Waals surface area contributed by atoms with Crippen LogP contribution in [0, 0.1) is 5.92 Å². The van der Waals surface area contributed by atoms with E-state index in [0.717, 1.165) is 31.5 Å². The molecule has 0 spiro atoms. The van der Waals surface area contributed by atoms with Crippen LogP contribution in [0.25, 0.3) is 0 Å². The number of nitrogens with zero attached hydrogens (tertiary/aromatic N) is 1. The smallest absolute Gasteiger partial charge is 0.0236 e. The molecule has 2 heteroatoms. The topological polar surface area (TPSA) is 29.3 Å². The van der Waals surface area contributed by atoms with Gasteiger partial charge in [-0.25, -0.2) is 0 Å². The molecule has 1 saturated heterocycles. The molecule has 2 aliphatic rings. The number of fused-ring (bicyclic) bond motifs is 1. The SMILES string of the molecule is NCCc1ccc(CN2CCCC3CCCC32)cc1. The van der Waals surface area contributed by atoms with Crippen molar-refractivity contribution in [3.8, 4) is 0 Å². The molecule has 2 fully saturated rings. The van der Waals surface area contributed by atoms with E-state index in [1.165, 1.54) is 49.8 Å². The second-order valence-electron chi connectivity index (χ2n) is 6.23. The van der Waals surface area contributed by atoms with Crippen molar-refractivity contribution in [2.45, 2.75) is 51.1 Å². The summed E-state index contributed by atoms with van der Waals surface area (Å²) < 4.78 is 0. The van der Waals surface area contributed by atoms with Gasteiger partial charge in [0.2, 0.25) is 0 Å². The molecule has 19 heavy (non-hydrogen) atoms. The standard InChI is InChI=1S/C17H26N2/c18-11-10-14-6-8-15(9-7-14)13-19-12-2-4-16-3-1-5-17(16)19/h6-9,16-17H,1-5,10-13,18H2. The molecule has 0 aromatic heterocycles. The van der Waals surface area contributed by atoms with Crippen molar-refractivity contribution < 1.29 is 0 Å². The van der Waals surface area contributed by atoms with E-state index in [9.17, 15) is 0 Å². The summed E-state index contributed by atoms with van der Waals surface area (Å²) in [6, 6.07) is 9.96. The van der Waals surface area contributed by atoms with Crippen molar-refractivity contribution in [3.05, 3.63) is 35.4 Å². The van der Waals surface area contributed by atoms with Crippen LogP contribution < -0.4 is 5.73 Å². The molecule has 0 amide bonds. The molecule has 104 valence electrons. The minimum absolute atomic E-state index is 0.745. The quantitative estimate of drug-likeness (QED) is 0.899. The van der Waals surface area contributed by atoms with Crippen LogP contribution in [-0.4, -0.2) is 24.0 Å². The van der Waals surface area contributed by atoms with Crippen LogP contribution in [0.1, 0.15) is 43.2 Å². The van der Waals surface area contributed by atoms with Gasteiger partial charge in [0.05, 0.1) is 0 Å². The third-order valence-electron chi connectivity index (χ3n) is 4.95. The Labute approximate surface area is 117 Å². The molecule has 1 aliphatic heterocycles. The van der Waals surface area contributed by atoms with Gasteiger partial charge < -0.3 is 5.73 Å². The number of likely N-dealkylation sites (tertiary alicyclic amines) is 1. The zero-order valence-electron chi connectivity index (χ0n) is 11.9. The van der Waals surface area contributed by atoms with E-state index in [0.29, 0.717) is 0 Å². The second-order valence-corrected chi connectivity index (χ2v) is 6.23. The fraction of sp³-hybridized carbons (Fsp3) is 0.647. The van der Waals surface area contributed by atoms with Crippen LogP contribution in [0.15, 0.2) is 24.3 Å². The minimum Gasteiger partial charge on any atom is -0.330 e. The second kappa shape index (κ2) is 6.06. The summed E-state index contributed by atoms with van der Waals surface area (Å²) in [6.45, 7) is 3.19. The molecule has 2 N–H and O–H groups in total. The summed E-state index contributed by atoms with van der Waals surface area (Å²) in [5.41, 5.74) is 8.43. The Morgan fingerprint density at radius 1 is 1.00 bits per heavy atom. The van der Waals surface area contributed by atoms with Crippen LogP contribution in [0.4, 0.5) is 0 Å². The molecule has 0 bridgehead atoms. The molecule has 2 atom stereocenters. The van der Waals surface area contributed by atoms with E-state index in [1.807, 2.05) is 0 Å². The average Bonchev–Trinajstić information content (AvgIpc) is 2.91. The molecule has 1 aromatic carbocycles. The minimum atomic E-state index is 0.745. The van der Waals surface area contributed by atoms with Gasteiger partial charge in [-0.3, -0.25) is 4.90 Å². The molecule has 1 saturated carbocycles. The van der Waals surface area contributed by atoms with Gasteiger partial charge in [-0.05, 0) is 62.2 Å². The van der Waals surface area contributed by atoms with Gasteiger partial charge in [0.15, 0.2) is 0 Å². The van der Waals surface area contributed by atoms with Gasteiger partial charge in [-0.15, -0.1) is 0 Å². The van der Waals surface area contributed by atoms with Crippen molar-refractivity contribution in [2.24, 2.45) is 11.7 Å². The van der Waals surface area contributed by atoms with Gasteiger partial charge in [0, 0.05) is 12.6 Å². The first-order chi connectivity index (χ1) is 9.36. The summed E-state index contributed by atoms with van der Waals surface area (Å²) in [4.78, 5) is 2.74. The van der Waals surface area contributed by atoms with Crippen molar-refractivity contribution >= 4 is 0 Å². The van der Waals surface area contributed by atoms with Gasteiger partial charge >= 0.3 is 0 Å². The summed E-state index contributed by atoms with van der Waals surface area (Å²) in [6.07, 6.45) is 8.20. The van der Waals surface area contributed by atoms with Crippen LogP contribution in [0.5, 0.6) is 0 Å². The lowest BCUT2D eigenvalue weighted by molar-refractivity contribution is 0.106. The number of hydrogen-bond donors (Lipinski definition) is 1. The Hall–Kier alpha value is -0.860. The lowest BCUT2D eigenvalue weighted by Crippen LogP contribution is -2.41. The van der Waals surface area contributed by atoms with Crippen LogP contribution in [0.3, 0.4) is 0 Å². The first-order valence-electron chi connectivity index (χ1n) is 7.89. The Bertz CT molecular complexity index is 398. The zero-order chi connectivity index (χ0) is 13.1. The number of hydrogen-bond acceptors (Lipinski definition) is 2. The molecule has 2 unspecified atom stereocenters. The monoisotopic (exact) mass is 258 g/mol. The highest BCUT2D eigenvalue weighted by Gasteiger charge is 2.34. The van der Waals surface area contributed by atoms with E-state index in [4.69, 9.17) is 5.73 Å². The summed E-state index contributed by atoms with van der Waals surface area (Å²) in [5.74, 6) is 0.991. The predicted molar refractivity (Wildman–Crippen MR) is 80.0 cm³/mol. The van der Waals surface area contributed by atoms with E-state index < -0.39 is 0 Å². The van der Waals surface area contributed by atoms with Gasteiger partial charge in [0.1, 0.15) is 0 Å². The van der Waals surface area contributed by atoms with Crippen LogP contribution >= 0.6 is 0 Å². The van der Waals surface area contributed by atoms with Gasteiger partial charge in [0.25, 0.3) is 0 Å². The van der Waals surface area contributed by atoms with E-state index in [-0.39, 0.29) is 0 Å². The molecular formula is C17H26N2. The van der Waals surface area contributed by atoms with E-state index in [1.54, 1.807) is 0 Å². The Balaban J connectivity index is 1.63. The van der Waals surface area contributed by atoms with E-state index in [2.05, 4.69) is 29.2 Å². The molecule has 2 nitrogen and oxygen atoms in total. The maximum atomic E-state index is 5.60. The zero-order valence-corrected chi connectivity index (χ0v) is 11.9. The lowest BCUT2D eigenvalue weighted by atomic mass is 9.91. The summed E-state index contributed by atoms with van der Waals surface area (Å²) in [5, 5.41) is 0. The molecule has 0 radical (unpaired) electrons. The average molecular weight is 258 g/mol. The number of nitrogens with two attached hydrogens (primary N) is 1. The maximum absolute atomic E-state index is 5.60. The van der Waals surface area contributed by atoms with Crippen LogP contribution in [-0.2, 0) is 13.0 Å². The van der Waals surface area contributed by atoms with Crippen molar-refractivity contribution in [3.63, 3.8) is 0 Å². The fourth-order valence-corrected chi connectivity index (χ4v) is 3.97. The molecule has 3 rings (SSSR count). The largest absolute Gasteiger partial charge is 0.330 e. The number of piperidine rings is 1. The third kappa shape index (κ3) is 3.01. The number of rotatable bonds is 4. The molecular weight excluding hydrogens is 232 g/mol. The molecule has 1 heterocycles. The highest BCUT2D eigenvalue weighted by Crippen LogP contribution is 2.37. The Kier molecular flexibility index (Phi) is 4.19. The van der Waals surface area contributed by atoms with Crippen molar-refractivity contribution in [1.29, 1.82) is 0 Å². The van der Waals surface area contributed by atoms with Crippen molar-refractivity contribution in [2.75, 3.05) is 13.1 Å². The van der Waals surface area contributed by atoms with Crippen molar-refractivity contribution in [1.82, 2.24) is 4.90 Å². The first-order valence-corrected chi connectivity index (χ1v) is 7.89. The molecule has 1 aromatic rings. The maximum Gasteiger partial charge on any atom is 0.0236 e. The van der Waals surface area contributed by atoms with E-state index >= 15 is 0 Å². The predicted octanol–water partition coefficient (Wildman–Crippen LogP) is 2.95. The van der Waals surface area contributed by atoms with Crippen LogP contribution in [0.2, 0.25) is 0 Å².